The Morgan fingerprint density at radius 3 is 3.08 bits per heavy atom. The zero-order valence-corrected chi connectivity index (χ0v) is 8.46. The summed E-state index contributed by atoms with van der Waals surface area (Å²) in [5, 5.41) is 8.90. The van der Waals surface area contributed by atoms with E-state index in [1.54, 1.807) is 18.8 Å². The monoisotopic (exact) mass is 202 g/mol. The minimum Gasteiger partial charge on any atom is -0.390 e. The van der Waals surface area contributed by atoms with Crippen molar-refractivity contribution in [1.29, 1.82) is 0 Å². The highest BCUT2D eigenvalue weighted by atomic mass is 32.2. The molecule has 1 heterocycles. The van der Waals surface area contributed by atoms with E-state index in [2.05, 4.69) is 4.98 Å². The van der Waals surface area contributed by atoms with Gasteiger partial charge in [-0.3, -0.25) is 4.21 Å². The van der Waals surface area contributed by atoms with Gasteiger partial charge in [0.05, 0.1) is 24.8 Å². The Morgan fingerprint density at radius 2 is 2.46 bits per heavy atom. The average molecular weight is 202 g/mol. The number of nitrogens with zero attached hydrogens (tertiary/aromatic N) is 2. The van der Waals surface area contributed by atoms with Crippen LogP contribution in [0.1, 0.15) is 12.1 Å². The van der Waals surface area contributed by atoms with Crippen molar-refractivity contribution in [1.82, 2.24) is 9.55 Å². The van der Waals surface area contributed by atoms with Gasteiger partial charge in [-0.25, -0.2) is 4.98 Å². The van der Waals surface area contributed by atoms with Gasteiger partial charge < -0.3 is 9.67 Å². The van der Waals surface area contributed by atoms with Crippen molar-refractivity contribution in [3.63, 3.8) is 0 Å². The molecule has 1 unspecified atom stereocenters. The molecular formula is C8H14N2O2S. The summed E-state index contributed by atoms with van der Waals surface area (Å²) in [6.07, 6.45) is 5.88. The molecule has 74 valence electrons. The van der Waals surface area contributed by atoms with Crippen molar-refractivity contribution >= 4 is 10.8 Å². The molecule has 0 saturated heterocycles. The van der Waals surface area contributed by atoms with Crippen molar-refractivity contribution in [2.45, 2.75) is 19.6 Å². The first kappa shape index (κ1) is 10.4. The van der Waals surface area contributed by atoms with E-state index < -0.39 is 10.8 Å². The molecule has 0 aliphatic heterocycles. The third-order valence-electron chi connectivity index (χ3n) is 1.79. The molecule has 0 aliphatic carbocycles. The summed E-state index contributed by atoms with van der Waals surface area (Å²) in [6, 6.07) is 0. The molecule has 0 amide bonds. The Hall–Kier alpha value is -0.680. The molecular weight excluding hydrogens is 188 g/mol. The predicted molar refractivity (Wildman–Crippen MR) is 51.7 cm³/mol. The van der Waals surface area contributed by atoms with E-state index in [1.165, 1.54) is 0 Å². The van der Waals surface area contributed by atoms with Crippen LogP contribution < -0.4 is 0 Å². The minimum atomic E-state index is -0.732. The Bertz CT molecular complexity index is 285. The van der Waals surface area contributed by atoms with Crippen LogP contribution in [-0.2, 0) is 24.0 Å². The number of hydrogen-bond donors (Lipinski definition) is 1. The highest BCUT2D eigenvalue weighted by Gasteiger charge is 2.00. The van der Waals surface area contributed by atoms with Crippen LogP contribution >= 0.6 is 0 Å². The zero-order chi connectivity index (χ0) is 9.68. The number of aromatic nitrogens is 2. The molecule has 4 nitrogen and oxygen atoms in total. The van der Waals surface area contributed by atoms with Gasteiger partial charge >= 0.3 is 0 Å². The first-order valence-electron chi connectivity index (χ1n) is 4.14. The third kappa shape index (κ3) is 3.28. The smallest absolute Gasteiger partial charge is 0.0948 e. The first-order chi connectivity index (χ1) is 6.24. The van der Waals surface area contributed by atoms with Gasteiger partial charge in [0, 0.05) is 29.4 Å². The molecule has 1 aromatic rings. The van der Waals surface area contributed by atoms with E-state index in [0.29, 0.717) is 5.75 Å². The van der Waals surface area contributed by atoms with Gasteiger partial charge in [0.15, 0.2) is 0 Å². The molecule has 0 saturated carbocycles. The van der Waals surface area contributed by atoms with Gasteiger partial charge in [-0.05, 0) is 6.42 Å². The second-order valence-electron chi connectivity index (χ2n) is 2.87. The standard InChI is InChI=1S/C8H14N2O2S/c1-13(12)4-2-3-10-7-9-5-8(10)6-11/h5,7,11H,2-4,6H2,1H3. The van der Waals surface area contributed by atoms with Gasteiger partial charge in [-0.2, -0.15) is 0 Å². The lowest BCUT2D eigenvalue weighted by molar-refractivity contribution is 0.270. The van der Waals surface area contributed by atoms with E-state index in [-0.39, 0.29) is 6.61 Å². The van der Waals surface area contributed by atoms with Gasteiger partial charge in [-0.1, -0.05) is 0 Å². The fraction of sp³-hybridized carbons (Fsp3) is 0.625. The molecule has 1 atom stereocenters. The van der Waals surface area contributed by atoms with Crippen molar-refractivity contribution in [2.24, 2.45) is 0 Å². The lowest BCUT2D eigenvalue weighted by Gasteiger charge is -2.04. The molecule has 1 rings (SSSR count). The normalized spacial score (nSPS) is 13.1. The van der Waals surface area contributed by atoms with Crippen molar-refractivity contribution in [2.75, 3.05) is 12.0 Å². The molecule has 0 spiro atoms. The quantitative estimate of drug-likeness (QED) is 0.739. The van der Waals surface area contributed by atoms with Crippen molar-refractivity contribution in [3.05, 3.63) is 18.2 Å². The van der Waals surface area contributed by atoms with Crippen LogP contribution in [-0.4, -0.2) is 30.9 Å². The molecule has 5 heteroatoms. The minimum absolute atomic E-state index is 0.00914. The van der Waals surface area contributed by atoms with E-state index in [0.717, 1.165) is 18.7 Å². The Kier molecular flexibility index (Phi) is 4.11. The summed E-state index contributed by atoms with van der Waals surface area (Å²) in [7, 11) is -0.732. The van der Waals surface area contributed by atoms with E-state index in [1.807, 2.05) is 4.57 Å². The molecule has 1 aromatic heterocycles. The zero-order valence-electron chi connectivity index (χ0n) is 7.64. The number of aliphatic hydroxyl groups is 1. The maximum atomic E-state index is 10.8. The van der Waals surface area contributed by atoms with Gasteiger partial charge in [-0.15, -0.1) is 0 Å². The molecule has 13 heavy (non-hydrogen) atoms. The number of imidazole rings is 1. The van der Waals surface area contributed by atoms with Crippen LogP contribution in [0.5, 0.6) is 0 Å². The highest BCUT2D eigenvalue weighted by molar-refractivity contribution is 7.84. The summed E-state index contributed by atoms with van der Waals surface area (Å²) < 4.78 is 12.6. The molecule has 1 N–H and O–H groups in total. The lowest BCUT2D eigenvalue weighted by atomic mass is 10.4. The Morgan fingerprint density at radius 1 is 1.69 bits per heavy atom. The van der Waals surface area contributed by atoms with E-state index in [4.69, 9.17) is 5.11 Å². The van der Waals surface area contributed by atoms with Crippen LogP contribution in [0.4, 0.5) is 0 Å². The molecule has 0 radical (unpaired) electrons. The predicted octanol–water partition coefficient (Wildman–Crippen LogP) is 0.144. The maximum Gasteiger partial charge on any atom is 0.0948 e. The fourth-order valence-corrected chi connectivity index (χ4v) is 1.65. The van der Waals surface area contributed by atoms with E-state index >= 15 is 0 Å². The van der Waals surface area contributed by atoms with Crippen molar-refractivity contribution in [3.8, 4) is 0 Å². The Balaban J connectivity index is 2.40. The topological polar surface area (TPSA) is 55.1 Å². The molecule has 0 aliphatic rings. The van der Waals surface area contributed by atoms with Gasteiger partial charge in [0.25, 0.3) is 0 Å². The fourth-order valence-electron chi connectivity index (χ4n) is 1.12. The third-order valence-corrected chi connectivity index (χ3v) is 2.65. The van der Waals surface area contributed by atoms with Gasteiger partial charge in [0.2, 0.25) is 0 Å². The van der Waals surface area contributed by atoms with Crippen LogP contribution in [0, 0.1) is 0 Å². The van der Waals surface area contributed by atoms with Crippen molar-refractivity contribution < 1.29 is 9.32 Å². The Labute approximate surface area is 80.1 Å². The van der Waals surface area contributed by atoms with Crippen LogP contribution in [0.3, 0.4) is 0 Å². The molecule has 0 bridgehead atoms. The first-order valence-corrected chi connectivity index (χ1v) is 5.86. The van der Waals surface area contributed by atoms with Gasteiger partial charge in [0.1, 0.15) is 0 Å². The number of aliphatic hydroxyl groups excluding tert-OH is 1. The van der Waals surface area contributed by atoms with Crippen LogP contribution in [0.2, 0.25) is 0 Å². The number of aryl methyl sites for hydroxylation is 1. The average Bonchev–Trinajstić information content (AvgIpc) is 2.51. The highest BCUT2D eigenvalue weighted by Crippen LogP contribution is 2.00. The lowest BCUT2D eigenvalue weighted by Crippen LogP contribution is -2.05. The van der Waals surface area contributed by atoms with Crippen LogP contribution in [0.15, 0.2) is 12.5 Å². The summed E-state index contributed by atoms with van der Waals surface area (Å²) in [6.45, 7) is 0.782. The number of rotatable bonds is 5. The summed E-state index contributed by atoms with van der Waals surface area (Å²) in [4.78, 5) is 3.92. The summed E-state index contributed by atoms with van der Waals surface area (Å²) in [5.41, 5.74) is 0.807. The molecule has 0 fully saturated rings. The molecule has 0 aromatic carbocycles. The largest absolute Gasteiger partial charge is 0.390 e. The summed E-state index contributed by atoms with van der Waals surface area (Å²) >= 11 is 0. The number of hydrogen-bond acceptors (Lipinski definition) is 3. The maximum absolute atomic E-state index is 10.8. The summed E-state index contributed by atoms with van der Waals surface area (Å²) in [5.74, 6) is 0.697. The van der Waals surface area contributed by atoms with Crippen LogP contribution in [0.25, 0.3) is 0 Å². The SMILES string of the molecule is CS(=O)CCCn1cncc1CO. The van der Waals surface area contributed by atoms with E-state index in [9.17, 15) is 4.21 Å². The second kappa shape index (κ2) is 5.14. The second-order valence-corrected chi connectivity index (χ2v) is 4.42.